The lowest BCUT2D eigenvalue weighted by molar-refractivity contribution is -0.116. The van der Waals surface area contributed by atoms with Crippen molar-refractivity contribution >= 4 is 11.7 Å². The van der Waals surface area contributed by atoms with Gasteiger partial charge >= 0.3 is 0 Å². The molecule has 5 nitrogen and oxygen atoms in total. The van der Waals surface area contributed by atoms with Crippen molar-refractivity contribution in [1.82, 2.24) is 10.3 Å². The number of nitrogens with one attached hydrogen (secondary N) is 2. The number of hydrogen-bond acceptors (Lipinski definition) is 4. The molecule has 0 aliphatic carbocycles. The van der Waals surface area contributed by atoms with E-state index in [4.69, 9.17) is 0 Å². The Morgan fingerprint density at radius 3 is 2.94 bits per heavy atom. The summed E-state index contributed by atoms with van der Waals surface area (Å²) < 4.78 is 0. The minimum atomic E-state index is -0.135. The summed E-state index contributed by atoms with van der Waals surface area (Å²) in [7, 11) is 0. The maximum Gasteiger partial charge on any atom is 0.225 e. The minimum Gasteiger partial charge on any atom is -0.504 e. The lowest BCUT2D eigenvalue weighted by Gasteiger charge is -2.08. The molecule has 3 N–H and O–H groups in total. The molecule has 0 radical (unpaired) electrons. The third-order valence-electron chi connectivity index (χ3n) is 2.18. The van der Waals surface area contributed by atoms with Gasteiger partial charge in [-0.2, -0.15) is 0 Å². The number of hydrogen-bond donors (Lipinski definition) is 3. The molecule has 0 fully saturated rings. The third-order valence-corrected chi connectivity index (χ3v) is 2.18. The number of rotatable bonds is 6. The fraction of sp³-hybridized carbons (Fsp3) is 0.500. The number of aromatic hydroxyl groups is 1. The summed E-state index contributed by atoms with van der Waals surface area (Å²) in [5.74, 6) is 0.0695. The van der Waals surface area contributed by atoms with Crippen LogP contribution in [0.1, 0.15) is 26.7 Å². The quantitative estimate of drug-likeness (QED) is 0.655. The Balaban J connectivity index is 2.28. The van der Waals surface area contributed by atoms with Gasteiger partial charge < -0.3 is 15.7 Å². The predicted molar refractivity (Wildman–Crippen MR) is 66.9 cm³/mol. The Labute approximate surface area is 101 Å². The first-order valence-electron chi connectivity index (χ1n) is 5.77. The van der Waals surface area contributed by atoms with Gasteiger partial charge in [-0.3, -0.25) is 4.79 Å². The van der Waals surface area contributed by atoms with Gasteiger partial charge in [-0.05, 0) is 25.1 Å². The zero-order chi connectivity index (χ0) is 12.7. The summed E-state index contributed by atoms with van der Waals surface area (Å²) in [6.45, 7) is 4.93. The van der Waals surface area contributed by atoms with Crippen molar-refractivity contribution in [2.45, 2.75) is 32.7 Å². The molecule has 1 rings (SSSR count). The molecule has 0 saturated carbocycles. The SMILES string of the molecule is CC(C)NCCCC(=O)Nc1ncccc1O. The molecule has 94 valence electrons. The molecule has 0 aromatic carbocycles. The van der Waals surface area contributed by atoms with Gasteiger partial charge in [0.2, 0.25) is 5.91 Å². The fourth-order valence-corrected chi connectivity index (χ4v) is 1.33. The standard InChI is InChI=1S/C12H19N3O2/c1-9(2)13-7-4-6-11(17)15-12-10(16)5-3-8-14-12/h3,5,8-9,13,16H,4,6-7H2,1-2H3,(H,14,15,17). The Hall–Kier alpha value is -1.62. The van der Waals surface area contributed by atoms with Crippen LogP contribution in [0, 0.1) is 0 Å². The van der Waals surface area contributed by atoms with Crippen LogP contribution in [-0.4, -0.2) is 28.6 Å². The Bertz CT molecular complexity index is 367. The number of amides is 1. The van der Waals surface area contributed by atoms with Crippen molar-refractivity contribution in [1.29, 1.82) is 0 Å². The Morgan fingerprint density at radius 2 is 2.29 bits per heavy atom. The second-order valence-corrected chi connectivity index (χ2v) is 4.13. The molecule has 1 amide bonds. The van der Waals surface area contributed by atoms with Crippen molar-refractivity contribution in [3.05, 3.63) is 18.3 Å². The maximum absolute atomic E-state index is 11.5. The largest absolute Gasteiger partial charge is 0.504 e. The van der Waals surface area contributed by atoms with E-state index in [9.17, 15) is 9.90 Å². The first kappa shape index (κ1) is 13.4. The van der Waals surface area contributed by atoms with Crippen LogP contribution in [0.2, 0.25) is 0 Å². The van der Waals surface area contributed by atoms with E-state index in [2.05, 4.69) is 29.5 Å². The van der Waals surface area contributed by atoms with Crippen LogP contribution in [-0.2, 0) is 4.79 Å². The van der Waals surface area contributed by atoms with Gasteiger partial charge in [0.25, 0.3) is 0 Å². The highest BCUT2D eigenvalue weighted by atomic mass is 16.3. The molecule has 1 heterocycles. The highest BCUT2D eigenvalue weighted by Gasteiger charge is 2.06. The number of carbonyl (C=O) groups is 1. The van der Waals surface area contributed by atoms with E-state index < -0.39 is 0 Å². The van der Waals surface area contributed by atoms with E-state index in [-0.39, 0.29) is 17.5 Å². The highest BCUT2D eigenvalue weighted by Crippen LogP contribution is 2.18. The average molecular weight is 237 g/mol. The first-order valence-corrected chi connectivity index (χ1v) is 5.77. The molecule has 0 spiro atoms. The smallest absolute Gasteiger partial charge is 0.225 e. The van der Waals surface area contributed by atoms with Crippen LogP contribution < -0.4 is 10.6 Å². The number of nitrogens with zero attached hydrogens (tertiary/aromatic N) is 1. The second kappa shape index (κ2) is 6.85. The molecule has 0 unspecified atom stereocenters. The summed E-state index contributed by atoms with van der Waals surface area (Å²) >= 11 is 0. The topological polar surface area (TPSA) is 74.2 Å². The van der Waals surface area contributed by atoms with Gasteiger partial charge in [0, 0.05) is 18.7 Å². The lowest BCUT2D eigenvalue weighted by atomic mass is 10.2. The fourth-order valence-electron chi connectivity index (χ4n) is 1.33. The van der Waals surface area contributed by atoms with E-state index in [1.54, 1.807) is 6.07 Å². The zero-order valence-corrected chi connectivity index (χ0v) is 10.2. The van der Waals surface area contributed by atoms with Crippen molar-refractivity contribution < 1.29 is 9.90 Å². The zero-order valence-electron chi connectivity index (χ0n) is 10.2. The molecule has 0 bridgehead atoms. The summed E-state index contributed by atoms with van der Waals surface area (Å²) in [4.78, 5) is 15.4. The molecule has 17 heavy (non-hydrogen) atoms. The molecular weight excluding hydrogens is 218 g/mol. The number of carbonyl (C=O) groups excluding carboxylic acids is 1. The molecule has 0 atom stereocenters. The summed E-state index contributed by atoms with van der Waals surface area (Å²) in [6, 6.07) is 3.53. The molecule has 5 heteroatoms. The van der Waals surface area contributed by atoms with Gasteiger partial charge in [-0.15, -0.1) is 0 Å². The first-order chi connectivity index (χ1) is 8.09. The van der Waals surface area contributed by atoms with Gasteiger partial charge in [0.1, 0.15) is 0 Å². The van der Waals surface area contributed by atoms with E-state index in [0.29, 0.717) is 12.5 Å². The number of anilines is 1. The monoisotopic (exact) mass is 237 g/mol. The molecule has 0 saturated heterocycles. The van der Waals surface area contributed by atoms with Gasteiger partial charge in [-0.25, -0.2) is 4.98 Å². The summed E-state index contributed by atoms with van der Waals surface area (Å²) in [5, 5.41) is 15.2. The normalized spacial score (nSPS) is 10.5. The van der Waals surface area contributed by atoms with Crippen LogP contribution in [0.3, 0.4) is 0 Å². The predicted octanol–water partition coefficient (Wildman–Crippen LogP) is 1.50. The second-order valence-electron chi connectivity index (χ2n) is 4.13. The van der Waals surface area contributed by atoms with Crippen molar-refractivity contribution in [2.75, 3.05) is 11.9 Å². The van der Waals surface area contributed by atoms with E-state index >= 15 is 0 Å². The molecule has 0 aliphatic heterocycles. The molecular formula is C12H19N3O2. The van der Waals surface area contributed by atoms with Gasteiger partial charge in [0.15, 0.2) is 11.6 Å². The van der Waals surface area contributed by atoms with Crippen LogP contribution in [0.25, 0.3) is 0 Å². The molecule has 1 aromatic heterocycles. The summed E-state index contributed by atoms with van der Waals surface area (Å²) in [5.41, 5.74) is 0. The van der Waals surface area contributed by atoms with Crippen molar-refractivity contribution in [3.63, 3.8) is 0 Å². The van der Waals surface area contributed by atoms with Crippen LogP contribution in [0.5, 0.6) is 5.75 Å². The van der Waals surface area contributed by atoms with E-state index in [1.165, 1.54) is 12.3 Å². The minimum absolute atomic E-state index is 0.0128. The van der Waals surface area contributed by atoms with Crippen LogP contribution in [0.4, 0.5) is 5.82 Å². The molecule has 0 aliphatic rings. The number of pyridine rings is 1. The van der Waals surface area contributed by atoms with Crippen LogP contribution in [0.15, 0.2) is 18.3 Å². The van der Waals surface area contributed by atoms with Gasteiger partial charge in [-0.1, -0.05) is 13.8 Å². The summed E-state index contributed by atoms with van der Waals surface area (Å²) in [6.07, 6.45) is 2.70. The van der Waals surface area contributed by atoms with Crippen LogP contribution >= 0.6 is 0 Å². The Kier molecular flexibility index (Phi) is 5.42. The third kappa shape index (κ3) is 5.31. The maximum atomic E-state index is 11.5. The highest BCUT2D eigenvalue weighted by molar-refractivity contribution is 5.90. The lowest BCUT2D eigenvalue weighted by Crippen LogP contribution is -2.24. The van der Waals surface area contributed by atoms with Crippen molar-refractivity contribution in [2.24, 2.45) is 0 Å². The van der Waals surface area contributed by atoms with Gasteiger partial charge in [0.05, 0.1) is 0 Å². The number of aromatic nitrogens is 1. The molecule has 1 aromatic rings. The van der Waals surface area contributed by atoms with E-state index in [0.717, 1.165) is 13.0 Å². The van der Waals surface area contributed by atoms with Crippen molar-refractivity contribution in [3.8, 4) is 5.75 Å². The van der Waals surface area contributed by atoms with E-state index in [1.807, 2.05) is 0 Å². The Morgan fingerprint density at radius 1 is 1.53 bits per heavy atom. The average Bonchev–Trinajstić information content (AvgIpc) is 2.27.